The van der Waals surface area contributed by atoms with Gasteiger partial charge in [-0.1, -0.05) is 18.2 Å². The van der Waals surface area contributed by atoms with Crippen molar-refractivity contribution in [3.8, 4) is 11.8 Å². The lowest BCUT2D eigenvalue weighted by Gasteiger charge is -2.10. The van der Waals surface area contributed by atoms with Gasteiger partial charge in [-0.3, -0.25) is 4.79 Å². The number of para-hydroxylation sites is 1. The van der Waals surface area contributed by atoms with E-state index in [0.717, 1.165) is 3.57 Å². The molecule has 1 amide bonds. The van der Waals surface area contributed by atoms with Gasteiger partial charge in [-0.25, -0.2) is 9.48 Å². The van der Waals surface area contributed by atoms with E-state index in [4.69, 9.17) is 4.74 Å². The van der Waals surface area contributed by atoms with Crippen molar-refractivity contribution in [1.29, 1.82) is 5.26 Å². The summed E-state index contributed by atoms with van der Waals surface area (Å²) in [7, 11) is 0. The molecule has 0 radical (unpaired) electrons. The monoisotopic (exact) mass is 472 g/mol. The van der Waals surface area contributed by atoms with Crippen molar-refractivity contribution in [3.63, 3.8) is 0 Å². The van der Waals surface area contributed by atoms with Gasteiger partial charge in [-0.05, 0) is 59.0 Å². The molecule has 0 saturated heterocycles. The van der Waals surface area contributed by atoms with E-state index in [-0.39, 0.29) is 11.4 Å². The van der Waals surface area contributed by atoms with Crippen LogP contribution >= 0.6 is 22.6 Å². The van der Waals surface area contributed by atoms with Crippen LogP contribution in [0.2, 0.25) is 0 Å². The maximum absolute atomic E-state index is 12.2. The van der Waals surface area contributed by atoms with Crippen LogP contribution in [0.4, 0.5) is 5.82 Å². The zero-order valence-corrected chi connectivity index (χ0v) is 16.1. The molecule has 3 rings (SSSR count). The van der Waals surface area contributed by atoms with E-state index in [0.29, 0.717) is 11.3 Å². The van der Waals surface area contributed by atoms with Crippen molar-refractivity contribution >= 4 is 40.3 Å². The molecule has 27 heavy (non-hydrogen) atoms. The third-order valence-corrected chi connectivity index (χ3v) is 4.28. The van der Waals surface area contributed by atoms with Gasteiger partial charge in [0.25, 0.3) is 5.91 Å². The van der Waals surface area contributed by atoms with Crippen molar-refractivity contribution in [2.45, 2.75) is 0 Å². The summed E-state index contributed by atoms with van der Waals surface area (Å²) in [5.74, 6) is -0.944. The summed E-state index contributed by atoms with van der Waals surface area (Å²) >= 11 is 2.13. The fourth-order valence-corrected chi connectivity index (χ4v) is 2.64. The molecule has 0 aliphatic carbocycles. The van der Waals surface area contributed by atoms with Crippen LogP contribution in [-0.2, 0) is 9.53 Å². The Balaban J connectivity index is 1.69. The number of nitrogens with one attached hydrogen (secondary N) is 1. The molecule has 1 aromatic heterocycles. The number of hydrogen-bond acceptors (Lipinski definition) is 5. The third kappa shape index (κ3) is 4.51. The number of nitriles is 1. The van der Waals surface area contributed by atoms with Gasteiger partial charge in [0, 0.05) is 3.57 Å². The number of carbonyl (C=O) groups excluding carboxylic acids is 2. The minimum absolute atomic E-state index is 0.205. The molecule has 2 aromatic carbocycles. The number of nitrogens with zero attached hydrogens (tertiary/aromatic N) is 3. The Morgan fingerprint density at radius 3 is 2.52 bits per heavy atom. The molecular formula is C19H13IN4O3. The number of esters is 1. The van der Waals surface area contributed by atoms with E-state index in [1.807, 2.05) is 24.3 Å². The van der Waals surface area contributed by atoms with Crippen LogP contribution in [-0.4, -0.2) is 28.3 Å². The summed E-state index contributed by atoms with van der Waals surface area (Å²) in [6, 6.07) is 17.8. The summed E-state index contributed by atoms with van der Waals surface area (Å²) in [6.45, 7) is -0.477. The fourth-order valence-electron chi connectivity index (χ4n) is 2.28. The zero-order chi connectivity index (χ0) is 19.2. The van der Waals surface area contributed by atoms with E-state index in [1.54, 1.807) is 36.4 Å². The number of halogens is 1. The van der Waals surface area contributed by atoms with Gasteiger partial charge in [-0.2, -0.15) is 10.4 Å². The maximum atomic E-state index is 12.2. The van der Waals surface area contributed by atoms with Gasteiger partial charge in [0.1, 0.15) is 11.6 Å². The summed E-state index contributed by atoms with van der Waals surface area (Å²) in [6.07, 6.45) is 1.36. The van der Waals surface area contributed by atoms with Crippen LogP contribution in [0.1, 0.15) is 15.9 Å². The van der Waals surface area contributed by atoms with Crippen LogP contribution in [0.5, 0.6) is 0 Å². The number of ether oxygens (including phenoxy) is 1. The highest BCUT2D eigenvalue weighted by Crippen LogP contribution is 2.19. The molecular weight excluding hydrogens is 459 g/mol. The van der Waals surface area contributed by atoms with Crippen LogP contribution < -0.4 is 5.32 Å². The minimum atomic E-state index is -0.598. The Hall–Kier alpha value is -3.19. The van der Waals surface area contributed by atoms with Crippen LogP contribution in [0.15, 0.2) is 60.8 Å². The Kier molecular flexibility index (Phi) is 5.83. The third-order valence-electron chi connectivity index (χ3n) is 3.56. The van der Waals surface area contributed by atoms with Gasteiger partial charge >= 0.3 is 5.97 Å². The molecule has 8 heteroatoms. The molecule has 0 unspecified atom stereocenters. The first-order valence-corrected chi connectivity index (χ1v) is 8.92. The predicted molar refractivity (Wildman–Crippen MR) is 106 cm³/mol. The second kappa shape index (κ2) is 8.46. The molecule has 0 aliphatic heterocycles. The van der Waals surface area contributed by atoms with Crippen LogP contribution in [0.3, 0.4) is 0 Å². The number of anilines is 1. The van der Waals surface area contributed by atoms with Gasteiger partial charge in [0.15, 0.2) is 12.4 Å². The van der Waals surface area contributed by atoms with Gasteiger partial charge in [0.05, 0.1) is 17.4 Å². The highest BCUT2D eigenvalue weighted by Gasteiger charge is 2.16. The Labute approximate surface area is 168 Å². The maximum Gasteiger partial charge on any atom is 0.338 e. The van der Waals surface area contributed by atoms with E-state index < -0.39 is 18.5 Å². The lowest BCUT2D eigenvalue weighted by atomic mass is 10.2. The van der Waals surface area contributed by atoms with E-state index in [2.05, 4.69) is 33.0 Å². The molecule has 7 nitrogen and oxygen atoms in total. The van der Waals surface area contributed by atoms with Crippen molar-refractivity contribution in [2.75, 3.05) is 11.9 Å². The fraction of sp³-hybridized carbons (Fsp3) is 0.0526. The SMILES string of the molecule is N#Cc1cnn(-c2ccccc2)c1NC(=O)COC(=O)c1ccc(I)cc1. The van der Waals surface area contributed by atoms with Crippen molar-refractivity contribution in [1.82, 2.24) is 9.78 Å². The topological polar surface area (TPSA) is 97.0 Å². The van der Waals surface area contributed by atoms with Crippen LogP contribution in [0.25, 0.3) is 5.69 Å². The number of aromatic nitrogens is 2. The van der Waals surface area contributed by atoms with Crippen molar-refractivity contribution in [2.24, 2.45) is 0 Å². The number of carbonyl (C=O) groups is 2. The first-order chi connectivity index (χ1) is 13.1. The molecule has 0 aliphatic rings. The van der Waals surface area contributed by atoms with Gasteiger partial charge in [0.2, 0.25) is 0 Å². The lowest BCUT2D eigenvalue weighted by Crippen LogP contribution is -2.23. The molecule has 3 aromatic rings. The number of rotatable bonds is 5. The number of benzene rings is 2. The highest BCUT2D eigenvalue weighted by molar-refractivity contribution is 14.1. The first kappa shape index (κ1) is 18.6. The lowest BCUT2D eigenvalue weighted by molar-refractivity contribution is -0.119. The molecule has 0 bridgehead atoms. The molecule has 0 spiro atoms. The smallest absolute Gasteiger partial charge is 0.338 e. The second-order valence-electron chi connectivity index (χ2n) is 5.40. The van der Waals surface area contributed by atoms with Gasteiger partial charge < -0.3 is 10.1 Å². The average Bonchev–Trinajstić information content (AvgIpc) is 3.10. The molecule has 0 saturated carbocycles. The normalized spacial score (nSPS) is 10.1. The zero-order valence-electron chi connectivity index (χ0n) is 13.9. The average molecular weight is 472 g/mol. The second-order valence-corrected chi connectivity index (χ2v) is 6.64. The Morgan fingerprint density at radius 2 is 1.85 bits per heavy atom. The highest BCUT2D eigenvalue weighted by atomic mass is 127. The van der Waals surface area contributed by atoms with Crippen molar-refractivity contribution < 1.29 is 14.3 Å². The molecule has 1 N–H and O–H groups in total. The van der Waals surface area contributed by atoms with E-state index in [1.165, 1.54) is 10.9 Å². The molecule has 134 valence electrons. The van der Waals surface area contributed by atoms with E-state index >= 15 is 0 Å². The minimum Gasteiger partial charge on any atom is -0.452 e. The summed E-state index contributed by atoms with van der Waals surface area (Å²) in [5.41, 5.74) is 1.25. The first-order valence-electron chi connectivity index (χ1n) is 7.84. The van der Waals surface area contributed by atoms with Gasteiger partial charge in [-0.15, -0.1) is 0 Å². The quantitative estimate of drug-likeness (QED) is 0.455. The molecule has 1 heterocycles. The molecule has 0 atom stereocenters. The number of amides is 1. The standard InChI is InChI=1S/C19H13IN4O3/c20-15-8-6-13(7-9-15)19(26)27-12-17(25)23-18-14(10-21)11-22-24(18)16-4-2-1-3-5-16/h1-9,11H,12H2,(H,23,25). The largest absolute Gasteiger partial charge is 0.452 e. The van der Waals surface area contributed by atoms with E-state index in [9.17, 15) is 14.9 Å². The summed E-state index contributed by atoms with van der Waals surface area (Å²) in [5, 5.41) is 16.0. The number of hydrogen-bond donors (Lipinski definition) is 1. The summed E-state index contributed by atoms with van der Waals surface area (Å²) < 4.78 is 7.46. The Bertz CT molecular complexity index is 1010. The predicted octanol–water partition coefficient (Wildman–Crippen LogP) is 3.14. The van der Waals surface area contributed by atoms with Crippen molar-refractivity contribution in [3.05, 3.63) is 75.5 Å². The molecule has 0 fully saturated rings. The summed E-state index contributed by atoms with van der Waals surface area (Å²) in [4.78, 5) is 24.2. The van der Waals surface area contributed by atoms with Crippen LogP contribution in [0, 0.1) is 14.9 Å². The Morgan fingerprint density at radius 1 is 1.15 bits per heavy atom.